The molecule has 0 saturated carbocycles. The van der Waals surface area contributed by atoms with Crippen LogP contribution in [0.15, 0.2) is 29.4 Å². The lowest BCUT2D eigenvalue weighted by atomic mass is 10.2. The topological polar surface area (TPSA) is 126 Å². The van der Waals surface area contributed by atoms with Crippen LogP contribution in [0.2, 0.25) is 5.02 Å². The van der Waals surface area contributed by atoms with Gasteiger partial charge >= 0.3 is 0 Å². The van der Waals surface area contributed by atoms with Gasteiger partial charge in [-0.15, -0.1) is 5.10 Å². The van der Waals surface area contributed by atoms with E-state index in [9.17, 15) is 9.59 Å². The number of rotatable bonds is 4. The molecule has 116 valence electrons. The first-order chi connectivity index (χ1) is 10.5. The average Bonchev–Trinajstić information content (AvgIpc) is 2.89. The van der Waals surface area contributed by atoms with Crippen molar-refractivity contribution in [2.45, 2.75) is 17.3 Å². The number of thioether (sulfide) groups is 1. The average molecular weight is 341 g/mol. The first-order valence-electron chi connectivity index (χ1n) is 6.16. The van der Waals surface area contributed by atoms with Crippen molar-refractivity contribution in [1.82, 2.24) is 26.0 Å². The number of hydrogen-bond acceptors (Lipinski definition) is 6. The van der Waals surface area contributed by atoms with Crippen LogP contribution in [0.5, 0.6) is 0 Å². The molecule has 0 spiro atoms. The van der Waals surface area contributed by atoms with Crippen LogP contribution < -0.4 is 16.6 Å². The summed E-state index contributed by atoms with van der Waals surface area (Å²) in [6, 6.07) is 6.38. The number of aromatic amines is 1. The second kappa shape index (κ2) is 7.14. The molecule has 5 N–H and O–H groups in total. The van der Waals surface area contributed by atoms with E-state index >= 15 is 0 Å². The van der Waals surface area contributed by atoms with Gasteiger partial charge in [0, 0.05) is 10.6 Å². The highest BCUT2D eigenvalue weighted by atomic mass is 35.5. The third-order valence-corrected chi connectivity index (χ3v) is 3.72. The zero-order valence-electron chi connectivity index (χ0n) is 11.5. The Balaban J connectivity index is 1.85. The van der Waals surface area contributed by atoms with Gasteiger partial charge < -0.3 is 5.73 Å². The lowest BCUT2D eigenvalue weighted by Gasteiger charge is -2.11. The molecule has 0 radical (unpaired) electrons. The Morgan fingerprint density at radius 2 is 2.18 bits per heavy atom. The molecule has 0 aliphatic heterocycles. The molecule has 0 unspecified atom stereocenters. The van der Waals surface area contributed by atoms with E-state index in [0.717, 1.165) is 11.8 Å². The third kappa shape index (κ3) is 4.37. The smallest absolute Gasteiger partial charge is 0.269 e. The standard InChI is InChI=1S/C12H13ClN6O2S/c1-6(22-12-15-11(14)18-19-12)9(20)16-17-10(21)7-3-2-4-8(13)5-7/h2-6H,1H3,(H,16,20)(H,17,21)(H3,14,15,18,19)/t6-/m1/s1. The van der Waals surface area contributed by atoms with Crippen molar-refractivity contribution < 1.29 is 9.59 Å². The van der Waals surface area contributed by atoms with Crippen molar-refractivity contribution in [2.75, 3.05) is 5.73 Å². The Morgan fingerprint density at radius 1 is 1.41 bits per heavy atom. The van der Waals surface area contributed by atoms with Crippen LogP contribution in [0.3, 0.4) is 0 Å². The maximum Gasteiger partial charge on any atom is 0.269 e. The molecule has 1 heterocycles. The number of nitrogens with two attached hydrogens (primary N) is 1. The fourth-order valence-corrected chi connectivity index (χ4v) is 2.37. The van der Waals surface area contributed by atoms with E-state index in [1.165, 1.54) is 6.07 Å². The molecule has 0 fully saturated rings. The predicted octanol–water partition coefficient (Wildman–Crippen LogP) is 0.982. The summed E-state index contributed by atoms with van der Waals surface area (Å²) < 4.78 is 0. The van der Waals surface area contributed by atoms with E-state index in [-0.39, 0.29) is 5.95 Å². The highest BCUT2D eigenvalue weighted by Gasteiger charge is 2.17. The van der Waals surface area contributed by atoms with Crippen LogP contribution in [0, 0.1) is 0 Å². The minimum Gasteiger partial charge on any atom is -0.368 e. The number of H-pyrrole nitrogens is 1. The minimum absolute atomic E-state index is 0.171. The van der Waals surface area contributed by atoms with Gasteiger partial charge in [0.05, 0.1) is 5.25 Å². The number of halogens is 1. The molecule has 0 saturated heterocycles. The van der Waals surface area contributed by atoms with Gasteiger partial charge in [0.1, 0.15) is 0 Å². The normalized spacial score (nSPS) is 11.7. The van der Waals surface area contributed by atoms with E-state index in [0.29, 0.717) is 15.7 Å². The number of benzene rings is 1. The summed E-state index contributed by atoms with van der Waals surface area (Å²) in [4.78, 5) is 27.6. The Morgan fingerprint density at radius 3 is 2.82 bits per heavy atom. The van der Waals surface area contributed by atoms with Crippen molar-refractivity contribution in [3.05, 3.63) is 34.9 Å². The summed E-state index contributed by atoms with van der Waals surface area (Å²) in [6.07, 6.45) is 0. The highest BCUT2D eigenvalue weighted by Crippen LogP contribution is 2.19. The number of amides is 2. The van der Waals surface area contributed by atoms with Gasteiger partial charge in [0.2, 0.25) is 11.1 Å². The second-order valence-electron chi connectivity index (χ2n) is 4.22. The number of hydrazine groups is 1. The molecule has 8 nitrogen and oxygen atoms in total. The number of nitrogens with zero attached hydrogens (tertiary/aromatic N) is 2. The molecule has 2 amide bonds. The largest absolute Gasteiger partial charge is 0.368 e. The monoisotopic (exact) mass is 340 g/mol. The molecule has 2 aromatic rings. The number of nitrogens with one attached hydrogen (secondary N) is 3. The molecule has 0 bridgehead atoms. The quantitative estimate of drug-likeness (QED) is 0.485. The molecular formula is C12H13ClN6O2S. The number of carbonyl (C=O) groups is 2. The van der Waals surface area contributed by atoms with Crippen LogP contribution in [0.25, 0.3) is 0 Å². The molecule has 22 heavy (non-hydrogen) atoms. The number of carbonyl (C=O) groups excluding carboxylic acids is 2. The molecule has 0 aliphatic rings. The zero-order chi connectivity index (χ0) is 16.1. The zero-order valence-corrected chi connectivity index (χ0v) is 13.0. The third-order valence-electron chi connectivity index (χ3n) is 2.52. The summed E-state index contributed by atoms with van der Waals surface area (Å²) in [6.45, 7) is 1.65. The summed E-state index contributed by atoms with van der Waals surface area (Å²) in [5.74, 6) is -0.691. The van der Waals surface area contributed by atoms with Crippen molar-refractivity contribution in [2.24, 2.45) is 0 Å². The van der Waals surface area contributed by atoms with Crippen molar-refractivity contribution in [1.29, 1.82) is 0 Å². The molecule has 0 aliphatic carbocycles. The van der Waals surface area contributed by atoms with Gasteiger partial charge in [0.15, 0.2) is 0 Å². The maximum atomic E-state index is 11.9. The summed E-state index contributed by atoms with van der Waals surface area (Å²) in [5, 5.41) is 6.55. The van der Waals surface area contributed by atoms with Gasteiger partial charge in [-0.25, -0.2) is 5.10 Å². The van der Waals surface area contributed by atoms with Crippen LogP contribution in [0.4, 0.5) is 5.95 Å². The Hall–Kier alpha value is -2.26. The number of nitrogen functional groups attached to an aromatic ring is 1. The lowest BCUT2D eigenvalue weighted by Crippen LogP contribution is -2.44. The number of aromatic nitrogens is 3. The van der Waals surface area contributed by atoms with Crippen molar-refractivity contribution in [3.8, 4) is 0 Å². The van der Waals surface area contributed by atoms with E-state index in [2.05, 4.69) is 26.0 Å². The van der Waals surface area contributed by atoms with E-state index in [4.69, 9.17) is 17.3 Å². The summed E-state index contributed by atoms with van der Waals surface area (Å²) in [7, 11) is 0. The Bertz CT molecular complexity index is 692. The molecular weight excluding hydrogens is 328 g/mol. The Kier molecular flexibility index (Phi) is 5.23. The maximum absolute atomic E-state index is 11.9. The van der Waals surface area contributed by atoms with Crippen LogP contribution in [-0.4, -0.2) is 32.2 Å². The van der Waals surface area contributed by atoms with E-state index in [1.54, 1.807) is 25.1 Å². The number of hydrogen-bond donors (Lipinski definition) is 4. The van der Waals surface area contributed by atoms with Gasteiger partial charge in [-0.2, -0.15) is 4.98 Å². The van der Waals surface area contributed by atoms with E-state index < -0.39 is 17.1 Å². The first-order valence-corrected chi connectivity index (χ1v) is 7.42. The minimum atomic E-state index is -0.519. The summed E-state index contributed by atoms with van der Waals surface area (Å²) in [5.41, 5.74) is 10.4. The molecule has 1 aromatic heterocycles. The van der Waals surface area contributed by atoms with Crippen LogP contribution >= 0.6 is 23.4 Å². The molecule has 1 aromatic carbocycles. The van der Waals surface area contributed by atoms with Crippen LogP contribution in [0.1, 0.15) is 17.3 Å². The lowest BCUT2D eigenvalue weighted by molar-refractivity contribution is -0.121. The molecule has 10 heteroatoms. The second-order valence-corrected chi connectivity index (χ2v) is 5.96. The molecule has 1 atom stereocenters. The van der Waals surface area contributed by atoms with Gasteiger partial charge in [-0.3, -0.25) is 20.4 Å². The van der Waals surface area contributed by atoms with E-state index in [1.807, 2.05) is 0 Å². The highest BCUT2D eigenvalue weighted by molar-refractivity contribution is 8.00. The fourth-order valence-electron chi connectivity index (χ4n) is 1.44. The predicted molar refractivity (Wildman–Crippen MR) is 83.2 cm³/mol. The molecule has 2 rings (SSSR count). The number of anilines is 1. The van der Waals surface area contributed by atoms with Gasteiger partial charge in [-0.1, -0.05) is 29.4 Å². The van der Waals surface area contributed by atoms with Crippen LogP contribution in [-0.2, 0) is 4.79 Å². The van der Waals surface area contributed by atoms with Crippen molar-refractivity contribution >= 4 is 41.1 Å². The summed E-state index contributed by atoms with van der Waals surface area (Å²) >= 11 is 6.90. The Labute approximate surface area is 135 Å². The van der Waals surface area contributed by atoms with Gasteiger partial charge in [-0.05, 0) is 25.1 Å². The SMILES string of the molecule is C[C@@H](Sc1n[nH]c(N)n1)C(=O)NNC(=O)c1cccc(Cl)c1. The first kappa shape index (κ1) is 16.1. The van der Waals surface area contributed by atoms with Crippen molar-refractivity contribution in [3.63, 3.8) is 0 Å². The fraction of sp³-hybridized carbons (Fsp3) is 0.167. The van der Waals surface area contributed by atoms with Gasteiger partial charge in [0.25, 0.3) is 11.8 Å².